The van der Waals surface area contributed by atoms with Crippen molar-refractivity contribution < 1.29 is 4.74 Å². The monoisotopic (exact) mass is 308 g/mol. The van der Waals surface area contributed by atoms with Crippen LogP contribution >= 0.6 is 0 Å². The summed E-state index contributed by atoms with van der Waals surface area (Å²) < 4.78 is 6.38. The molecular formula is C23H16O. The topological polar surface area (TPSA) is 9.23 Å². The Kier molecular flexibility index (Phi) is 3.44. The number of rotatable bonds is 2. The van der Waals surface area contributed by atoms with E-state index in [0.29, 0.717) is 0 Å². The van der Waals surface area contributed by atoms with Crippen LogP contribution in [0.5, 0.6) is 0 Å². The van der Waals surface area contributed by atoms with Gasteiger partial charge in [0, 0.05) is 16.7 Å². The standard InChI is InChI=1S/C23H16O/c1-2-23(19-13-7-4-8-14-19)21-16-10-9-15-20(21)22(24-23)17-18-11-5-3-6-12-18/h1,3-17H/b22-17-. The molecule has 0 N–H and O–H groups in total. The fraction of sp³-hybridized carbons (Fsp3) is 0.0435. The minimum absolute atomic E-state index is 0.804. The number of terminal acetylenes is 1. The SMILES string of the molecule is C#CC1(c2ccccc2)O/C(=C\c2ccccc2)c2ccccc21. The molecule has 0 saturated heterocycles. The predicted molar refractivity (Wildman–Crippen MR) is 97.9 cm³/mol. The molecule has 0 amide bonds. The fourth-order valence-corrected chi connectivity index (χ4v) is 3.17. The highest BCUT2D eigenvalue weighted by Crippen LogP contribution is 2.47. The zero-order valence-electron chi connectivity index (χ0n) is 13.1. The van der Waals surface area contributed by atoms with E-state index in [2.05, 4.69) is 24.1 Å². The third kappa shape index (κ3) is 2.21. The Bertz CT molecular complexity index is 933. The third-order valence-corrected chi connectivity index (χ3v) is 4.32. The van der Waals surface area contributed by atoms with E-state index in [1.807, 2.05) is 72.8 Å². The first-order valence-electron chi connectivity index (χ1n) is 7.92. The van der Waals surface area contributed by atoms with Crippen molar-refractivity contribution in [3.63, 3.8) is 0 Å². The van der Waals surface area contributed by atoms with Crippen molar-refractivity contribution in [3.05, 3.63) is 107 Å². The maximum atomic E-state index is 6.38. The average Bonchev–Trinajstić information content (AvgIpc) is 2.98. The molecule has 1 aliphatic rings. The number of benzene rings is 3. The van der Waals surface area contributed by atoms with E-state index in [9.17, 15) is 0 Å². The van der Waals surface area contributed by atoms with E-state index in [-0.39, 0.29) is 0 Å². The quantitative estimate of drug-likeness (QED) is 0.599. The summed E-state index contributed by atoms with van der Waals surface area (Å²) in [6, 6.07) is 28.2. The van der Waals surface area contributed by atoms with Gasteiger partial charge in [0.05, 0.1) is 0 Å². The lowest BCUT2D eigenvalue weighted by molar-refractivity contribution is 0.159. The number of ether oxygens (including phenoxy) is 1. The molecule has 0 aromatic heterocycles. The summed E-state index contributed by atoms with van der Waals surface area (Å²) >= 11 is 0. The van der Waals surface area contributed by atoms with Crippen LogP contribution in [0.1, 0.15) is 22.3 Å². The smallest absolute Gasteiger partial charge is 0.221 e. The van der Waals surface area contributed by atoms with Crippen LogP contribution < -0.4 is 0 Å². The largest absolute Gasteiger partial charge is 0.465 e. The molecular weight excluding hydrogens is 292 g/mol. The Morgan fingerprint density at radius 1 is 0.792 bits per heavy atom. The first-order chi connectivity index (χ1) is 11.8. The van der Waals surface area contributed by atoms with Gasteiger partial charge < -0.3 is 4.74 Å². The molecule has 0 fully saturated rings. The predicted octanol–water partition coefficient (Wildman–Crippen LogP) is 5.09. The summed E-state index contributed by atoms with van der Waals surface area (Å²) in [5.41, 5.74) is 3.24. The minimum Gasteiger partial charge on any atom is -0.465 e. The van der Waals surface area contributed by atoms with Gasteiger partial charge in [-0.3, -0.25) is 0 Å². The van der Waals surface area contributed by atoms with E-state index < -0.39 is 5.60 Å². The molecule has 0 bridgehead atoms. The van der Waals surface area contributed by atoms with Gasteiger partial charge in [0.15, 0.2) is 0 Å². The second kappa shape index (κ2) is 5.76. The van der Waals surface area contributed by atoms with Crippen LogP contribution in [-0.4, -0.2) is 0 Å². The van der Waals surface area contributed by atoms with Gasteiger partial charge in [-0.05, 0) is 17.6 Å². The van der Waals surface area contributed by atoms with Gasteiger partial charge in [0.2, 0.25) is 5.60 Å². The van der Waals surface area contributed by atoms with Gasteiger partial charge in [-0.2, -0.15) is 0 Å². The summed E-state index contributed by atoms with van der Waals surface area (Å²) in [5.74, 6) is 3.71. The normalized spacial score (nSPS) is 20.2. The second-order valence-electron chi connectivity index (χ2n) is 5.76. The molecule has 4 rings (SSSR count). The van der Waals surface area contributed by atoms with E-state index in [4.69, 9.17) is 11.2 Å². The summed E-state index contributed by atoms with van der Waals surface area (Å²) in [7, 11) is 0. The third-order valence-electron chi connectivity index (χ3n) is 4.32. The van der Waals surface area contributed by atoms with Crippen molar-refractivity contribution in [1.29, 1.82) is 0 Å². The first-order valence-corrected chi connectivity index (χ1v) is 7.92. The van der Waals surface area contributed by atoms with Gasteiger partial charge in [0.1, 0.15) is 5.76 Å². The van der Waals surface area contributed by atoms with Crippen LogP contribution in [0.3, 0.4) is 0 Å². The van der Waals surface area contributed by atoms with E-state index in [0.717, 1.165) is 28.0 Å². The van der Waals surface area contributed by atoms with Crippen LogP contribution in [0.4, 0.5) is 0 Å². The molecule has 0 radical (unpaired) electrons. The molecule has 3 aromatic rings. The number of hydrogen-bond donors (Lipinski definition) is 0. The van der Waals surface area contributed by atoms with Crippen LogP contribution in [0.25, 0.3) is 11.8 Å². The lowest BCUT2D eigenvalue weighted by Gasteiger charge is -2.24. The molecule has 1 heterocycles. The zero-order chi connectivity index (χ0) is 16.4. The van der Waals surface area contributed by atoms with Gasteiger partial charge in [-0.15, -0.1) is 6.42 Å². The van der Waals surface area contributed by atoms with E-state index >= 15 is 0 Å². The maximum absolute atomic E-state index is 6.38. The minimum atomic E-state index is -0.877. The fourth-order valence-electron chi connectivity index (χ4n) is 3.17. The lowest BCUT2D eigenvalue weighted by Crippen LogP contribution is -2.24. The average molecular weight is 308 g/mol. The highest BCUT2D eigenvalue weighted by Gasteiger charge is 2.43. The van der Waals surface area contributed by atoms with E-state index in [1.54, 1.807) is 0 Å². The van der Waals surface area contributed by atoms with Crippen LogP contribution in [-0.2, 0) is 10.3 Å². The molecule has 1 unspecified atom stereocenters. The van der Waals surface area contributed by atoms with E-state index in [1.165, 1.54) is 0 Å². The summed E-state index contributed by atoms with van der Waals surface area (Å²) in [5, 5.41) is 0. The molecule has 24 heavy (non-hydrogen) atoms. The molecule has 114 valence electrons. The molecule has 1 nitrogen and oxygen atoms in total. The molecule has 1 heteroatoms. The van der Waals surface area contributed by atoms with Crippen molar-refractivity contribution in [2.45, 2.75) is 5.60 Å². The molecule has 0 saturated carbocycles. The number of hydrogen-bond acceptors (Lipinski definition) is 1. The Balaban J connectivity index is 1.91. The first kappa shape index (κ1) is 14.4. The number of fused-ring (bicyclic) bond motifs is 1. The highest BCUT2D eigenvalue weighted by molar-refractivity contribution is 5.83. The lowest BCUT2D eigenvalue weighted by atomic mass is 9.86. The Labute approximate surface area is 142 Å². The summed E-state index contributed by atoms with van der Waals surface area (Å²) in [6.45, 7) is 0. The Hall–Kier alpha value is -3.24. The van der Waals surface area contributed by atoms with Gasteiger partial charge >= 0.3 is 0 Å². The van der Waals surface area contributed by atoms with Crippen molar-refractivity contribution in [1.82, 2.24) is 0 Å². The van der Waals surface area contributed by atoms with Crippen molar-refractivity contribution in [2.24, 2.45) is 0 Å². The summed E-state index contributed by atoms with van der Waals surface area (Å²) in [4.78, 5) is 0. The van der Waals surface area contributed by atoms with Gasteiger partial charge in [-0.1, -0.05) is 84.9 Å². The van der Waals surface area contributed by atoms with Crippen LogP contribution in [0, 0.1) is 12.3 Å². The molecule has 0 spiro atoms. The Morgan fingerprint density at radius 3 is 2.12 bits per heavy atom. The second-order valence-corrected chi connectivity index (χ2v) is 5.76. The van der Waals surface area contributed by atoms with Gasteiger partial charge in [-0.25, -0.2) is 0 Å². The highest BCUT2D eigenvalue weighted by atomic mass is 16.5. The van der Waals surface area contributed by atoms with Crippen molar-refractivity contribution in [2.75, 3.05) is 0 Å². The molecule has 0 aliphatic carbocycles. The maximum Gasteiger partial charge on any atom is 0.221 e. The summed E-state index contributed by atoms with van der Waals surface area (Å²) in [6.07, 6.45) is 8.01. The molecule has 1 atom stereocenters. The Morgan fingerprint density at radius 2 is 1.42 bits per heavy atom. The zero-order valence-corrected chi connectivity index (χ0v) is 13.1. The van der Waals surface area contributed by atoms with Crippen LogP contribution in [0.15, 0.2) is 84.9 Å². The molecule has 1 aliphatic heterocycles. The van der Waals surface area contributed by atoms with Crippen molar-refractivity contribution in [3.8, 4) is 12.3 Å². The van der Waals surface area contributed by atoms with Crippen LogP contribution in [0.2, 0.25) is 0 Å². The molecule has 3 aromatic carbocycles. The van der Waals surface area contributed by atoms with Gasteiger partial charge in [0.25, 0.3) is 0 Å². The van der Waals surface area contributed by atoms with Crippen molar-refractivity contribution >= 4 is 11.8 Å².